The number of ketones is 1. The highest BCUT2D eigenvalue weighted by atomic mass is 32.7. The molecule has 0 radical (unpaired) electrons. The number of rotatable bonds is 44. The molecule has 7 aliphatic rings. The Morgan fingerprint density at radius 2 is 0.930 bits per heavy atom. The van der Waals surface area contributed by atoms with Crippen LogP contribution in [-0.2, 0) is 148 Å². The van der Waals surface area contributed by atoms with Crippen molar-refractivity contribution in [1.82, 2.24) is 59.5 Å². The summed E-state index contributed by atoms with van der Waals surface area (Å²) >= 11 is 0.861. The van der Waals surface area contributed by atoms with Gasteiger partial charge in [0, 0.05) is 121 Å². The van der Waals surface area contributed by atoms with Crippen LogP contribution in [0.1, 0.15) is 175 Å². The van der Waals surface area contributed by atoms with Crippen molar-refractivity contribution in [2.24, 2.45) is 11.8 Å². The van der Waals surface area contributed by atoms with Gasteiger partial charge in [-0.15, -0.1) is 0 Å². The quantitative estimate of drug-likeness (QED) is 0.00691. The van der Waals surface area contributed by atoms with E-state index in [2.05, 4.69) is 51.2 Å². The van der Waals surface area contributed by atoms with Gasteiger partial charge < -0.3 is 84.1 Å². The number of imide groups is 2. The van der Waals surface area contributed by atoms with Gasteiger partial charge >= 0.3 is 43.4 Å². The molecule has 0 aliphatic carbocycles. The van der Waals surface area contributed by atoms with E-state index >= 15 is 17.9 Å². The van der Waals surface area contributed by atoms with Gasteiger partial charge in [-0.2, -0.15) is 0 Å². The van der Waals surface area contributed by atoms with Gasteiger partial charge in [-0.25, -0.2) is 47.6 Å². The molecular weight excluding hydrogens is 1970 g/mol. The largest absolute Gasteiger partial charge is 0.467 e. The summed E-state index contributed by atoms with van der Waals surface area (Å²) < 4.78 is 163. The number of carbonyl (C=O) groups is 14. The van der Waals surface area contributed by atoms with Gasteiger partial charge in [0.25, 0.3) is 29.2 Å². The van der Waals surface area contributed by atoms with Crippen molar-refractivity contribution in [3.8, 4) is 11.5 Å². The number of unbranched alkanes of at least 4 members (excludes halogenated alkanes) is 8. The van der Waals surface area contributed by atoms with Crippen LogP contribution < -0.4 is 42.0 Å². The molecule has 7 aliphatic heterocycles. The van der Waals surface area contributed by atoms with Crippen molar-refractivity contribution < 1.29 is 155 Å². The smallest absolute Gasteiger partial charge is 0.389 e. The molecule has 0 bridgehead atoms. The summed E-state index contributed by atoms with van der Waals surface area (Å²) in [7, 11) is 0.971. The summed E-state index contributed by atoms with van der Waals surface area (Å²) in [4.78, 5) is 219. The Morgan fingerprint density at radius 1 is 0.503 bits per heavy atom. The summed E-state index contributed by atoms with van der Waals surface area (Å²) in [5.41, 5.74) is 5.02. The fraction of sp³-hybridized carbons (Fsp3) is 0.556. The first-order valence-corrected chi connectivity index (χ1v) is 52.6. The van der Waals surface area contributed by atoms with Gasteiger partial charge in [0.2, 0.25) is 42.3 Å². The molecule has 0 spiro atoms. The molecule has 2 aromatic carbocycles. The van der Waals surface area contributed by atoms with Gasteiger partial charge in [-0.3, -0.25) is 104 Å². The molecule has 774 valence electrons. The van der Waals surface area contributed by atoms with E-state index < -0.39 is 208 Å². The van der Waals surface area contributed by atoms with E-state index in [0.29, 0.717) is 93.4 Å². The minimum Gasteiger partial charge on any atom is -0.467 e. The lowest BCUT2D eigenvalue weighted by Crippen LogP contribution is -2.64. The number of esters is 5. The predicted octanol–water partition coefficient (Wildman–Crippen LogP) is 8.08. The number of aromatic amines is 1. The molecule has 5 saturated heterocycles. The topological polar surface area (TPSA) is 599 Å². The first-order valence-electron chi connectivity index (χ1n) is 46.3. The lowest BCUT2D eigenvalue weighted by atomic mass is 9.82. The average Bonchev–Trinajstić information content (AvgIpc) is 1.66. The van der Waals surface area contributed by atoms with Gasteiger partial charge in [0.15, 0.2) is 77.6 Å². The zero-order valence-corrected chi connectivity index (χ0v) is 82.5. The van der Waals surface area contributed by atoms with E-state index in [1.54, 1.807) is 13.8 Å². The van der Waals surface area contributed by atoms with Crippen LogP contribution in [0.15, 0.2) is 90.8 Å². The van der Waals surface area contributed by atoms with E-state index in [4.69, 9.17) is 75.9 Å². The Bertz CT molecular complexity index is 5920. The average molecular weight is 2080 g/mol. The third kappa shape index (κ3) is 28.0. The van der Waals surface area contributed by atoms with Crippen molar-refractivity contribution in [2.45, 2.75) is 261 Å². The number of benzene rings is 2. The van der Waals surface area contributed by atoms with Crippen LogP contribution in [0.2, 0.25) is 0 Å². The van der Waals surface area contributed by atoms with Crippen LogP contribution in [0.25, 0.3) is 22.3 Å². The van der Waals surface area contributed by atoms with Crippen LogP contribution in [0.4, 0.5) is 26.0 Å². The molecule has 47 nitrogen and oxygen atoms in total. The first-order chi connectivity index (χ1) is 68.3. The molecule has 4 aromatic heterocycles. The number of methoxy groups -OCH3 is 1. The number of nitrogens with zero attached hydrogens (tertiary/aromatic N) is 9. The normalized spacial score (nSPS) is 26.9. The SMILES string of the molecule is COC(=O)C1O[C@@H](Oc2ccc(CSP3(=O)OC[C@H]4O[C@@H](n5cnc6c(N)ncnc65)[C@H](F)[C@@H]4OP(=O)(SCc4ccc(O[C@@H]5OC(C(C)=O)[C@@H](C)[C@H](C)C5OC(C)=O)c(NC(=O)CCCCCNC(=O)CCCCCN5C(=O)C=CC5=O)c4)OC[C@H]4O[C@@H](n5cnc6c(=O)[nH]cnc65)[C@H](F)[C@@H]4O3)cc2NC(=O)CCCCCNC(=O)CCCCCN2C(=O)C=CC2=O)C(OC(C)=O)[C@@H](OC(C)=O)[C@@H]1OC(C)=O. The highest BCUT2D eigenvalue weighted by molar-refractivity contribution is 8.55. The molecule has 8 amide bonds. The molecule has 11 heterocycles. The maximum atomic E-state index is 18.4. The number of aromatic nitrogens is 8. The summed E-state index contributed by atoms with van der Waals surface area (Å²) in [6.45, 7) is -2.42. The monoisotopic (exact) mass is 2080 g/mol. The molecule has 7 N–H and O–H groups in total. The number of nitrogens with two attached hydrogens (primary N) is 1. The fourth-order valence-corrected chi connectivity index (χ4v) is 23.6. The van der Waals surface area contributed by atoms with Crippen LogP contribution >= 0.6 is 36.4 Å². The fourth-order valence-electron chi connectivity index (χ4n) is 16.8. The van der Waals surface area contributed by atoms with Crippen LogP contribution in [0.3, 0.4) is 0 Å². The van der Waals surface area contributed by atoms with Crippen LogP contribution in [-0.4, -0.2) is 264 Å². The minimum absolute atomic E-state index is 0.00451. The zero-order chi connectivity index (χ0) is 103. The summed E-state index contributed by atoms with van der Waals surface area (Å²) in [5, 5.41) is 11.4. The Kier molecular flexibility index (Phi) is 37.6. The molecular formula is C90H111F2N15O32P2S2. The Morgan fingerprint density at radius 3 is 1.40 bits per heavy atom. The van der Waals surface area contributed by atoms with E-state index in [9.17, 15) is 71.9 Å². The maximum Gasteiger partial charge on any atom is 0.389 e. The number of imidazole rings is 2. The number of carbonyl (C=O) groups excluding carboxylic acids is 14. The highest BCUT2D eigenvalue weighted by Gasteiger charge is 2.59. The Labute approximate surface area is 824 Å². The number of amides is 8. The number of nitrogen functional groups attached to an aromatic ring is 1. The zero-order valence-electron chi connectivity index (χ0n) is 79.1. The standard InChI is InChI=1S/C90H111F2N15O32P2S2/c1-47-48(2)75(128-50(4)109)89(136-74(47)49(3)108)134-58-27-25-54(37-56(58)102-64(115)23-13-9-17-33-94-62(113)21-15-11-19-35-104-66(117)29-30-67(104)118)41-142-140(123)127-40-61-77(71(92)87(133-61)107-46-101-73-84(107)98-44-99-85(73)121)139-141(124,126-39-60-76(138-140)70(91)86(132-60)106-45-100-72-82(93)96-43-97-83(72)106)143-42-55-26-28-59(135-90-81(131-53(7)112)79(130-52(6)111)78(129-51(5)110)80(137-90)88(122)125-8)57(38-55)103-65(116)24-14-10-18-34-95-63(114)22-16-12-20-36-105-68(119)31-32-69(105)120/h25-32,37-38,43-48,60-61,70-71,74-81,86-87,89-90H,9-24,33-36,39-42H2,1-8H3,(H,94,113)(H,95,114)(H,102,115)(H,103,116)(H2,93,96,97)(H,98,99,121)/t47-,48-,60+,61+,70+,71+,74?,75?,76+,77+,78-,79-,80?,81?,86+,87+,89+,90+,140?,141?/m0/s1. The number of H-pyrrole nitrogens is 1. The molecule has 13 rings (SSSR count). The van der Waals surface area contributed by atoms with Gasteiger partial charge in [0.1, 0.15) is 53.9 Å². The van der Waals surface area contributed by atoms with E-state index in [1.165, 1.54) is 74.5 Å². The Balaban J connectivity index is 0.783. The van der Waals surface area contributed by atoms with Crippen LogP contribution in [0.5, 0.6) is 11.5 Å². The molecule has 53 heteroatoms. The first kappa shape index (κ1) is 108. The molecule has 6 unspecified atom stereocenters. The van der Waals surface area contributed by atoms with Gasteiger partial charge in [-0.1, -0.05) is 51.7 Å². The lowest BCUT2D eigenvalue weighted by molar-refractivity contribution is -0.282. The molecule has 143 heavy (non-hydrogen) atoms. The predicted molar refractivity (Wildman–Crippen MR) is 499 cm³/mol. The lowest BCUT2D eigenvalue weighted by Gasteiger charge is -2.43. The third-order valence-electron chi connectivity index (χ3n) is 24.1. The van der Waals surface area contributed by atoms with Gasteiger partial charge in [0.05, 0.1) is 50.7 Å². The number of halogens is 2. The van der Waals surface area contributed by atoms with Crippen molar-refractivity contribution in [3.05, 3.63) is 107 Å². The number of Topliss-reactive ketones (excluding diaryl/α,β-unsaturated/α-hetero) is 1. The summed E-state index contributed by atoms with van der Waals surface area (Å²) in [6, 6.07) is 8.26. The molecule has 20 atom stereocenters. The number of ether oxygens (including phenoxy) is 11. The molecule has 5 fully saturated rings. The number of anilines is 3. The van der Waals surface area contributed by atoms with Crippen molar-refractivity contribution in [1.29, 1.82) is 0 Å². The van der Waals surface area contributed by atoms with Crippen molar-refractivity contribution in [3.63, 3.8) is 0 Å². The van der Waals surface area contributed by atoms with E-state index in [0.717, 1.165) is 72.1 Å². The van der Waals surface area contributed by atoms with E-state index in [1.807, 2.05) is 0 Å². The molecule has 0 saturated carbocycles. The second-order valence-corrected chi connectivity index (χ2v) is 42.6. The van der Waals surface area contributed by atoms with Crippen LogP contribution in [0, 0.1) is 11.8 Å². The summed E-state index contributed by atoms with van der Waals surface area (Å²) in [6.07, 6.45) is -15.0. The second kappa shape index (κ2) is 49.6. The number of alkyl halides is 2. The number of hydrogen-bond acceptors (Lipinski definition) is 40. The number of nitrogens with one attached hydrogen (secondary N) is 5. The minimum atomic E-state index is -5.18. The van der Waals surface area contributed by atoms with Gasteiger partial charge in [-0.05, 0) is 122 Å². The molecule has 6 aromatic rings. The van der Waals surface area contributed by atoms with Crippen molar-refractivity contribution in [2.75, 3.05) is 62.9 Å². The maximum absolute atomic E-state index is 18.4. The highest BCUT2D eigenvalue weighted by Crippen LogP contribution is 2.68. The summed E-state index contributed by atoms with van der Waals surface area (Å²) in [5.74, 6) is -10.9. The number of hydrogen-bond donors (Lipinski definition) is 6. The number of fused-ring (bicyclic) bond motifs is 4. The Hall–Kier alpha value is -11.9. The third-order valence-corrected chi connectivity index (χ3v) is 31.4. The second-order valence-electron chi connectivity index (χ2n) is 34.6. The van der Waals surface area contributed by atoms with E-state index in [-0.39, 0.29) is 150 Å². The van der Waals surface area contributed by atoms with Crippen molar-refractivity contribution >= 4 is 159 Å².